The number of aromatic hydroxyl groups is 1. The van der Waals surface area contributed by atoms with Crippen molar-refractivity contribution in [1.82, 2.24) is 9.80 Å². The predicted octanol–water partition coefficient (Wildman–Crippen LogP) is 2.91. The van der Waals surface area contributed by atoms with Gasteiger partial charge in [0.25, 0.3) is 5.91 Å². The van der Waals surface area contributed by atoms with Gasteiger partial charge in [-0.05, 0) is 43.5 Å². The van der Waals surface area contributed by atoms with Crippen molar-refractivity contribution in [2.24, 2.45) is 0 Å². The number of carbonyl (C=O) groups is 2. The average molecular weight is 351 g/mol. The number of hydrogen-bond donors (Lipinski definition) is 1. The van der Waals surface area contributed by atoms with E-state index in [1.54, 1.807) is 28.9 Å². The molecule has 0 atom stereocenters. The van der Waals surface area contributed by atoms with E-state index in [0.717, 1.165) is 6.42 Å². The van der Waals surface area contributed by atoms with E-state index >= 15 is 0 Å². The summed E-state index contributed by atoms with van der Waals surface area (Å²) in [6.07, 6.45) is 1.58. The van der Waals surface area contributed by atoms with Crippen molar-refractivity contribution < 1.29 is 14.7 Å². The maximum absolute atomic E-state index is 12.6. The van der Waals surface area contributed by atoms with Gasteiger partial charge in [0.1, 0.15) is 5.75 Å². The fourth-order valence-corrected chi connectivity index (χ4v) is 2.84. The first-order chi connectivity index (χ1) is 11.4. The molecule has 24 heavy (non-hydrogen) atoms. The molecule has 1 aliphatic heterocycles. The first kappa shape index (κ1) is 18.3. The maximum Gasteiger partial charge on any atom is 0.253 e. The van der Waals surface area contributed by atoms with Crippen molar-refractivity contribution in [2.45, 2.75) is 26.2 Å². The number of benzene rings is 1. The second-order valence-corrected chi connectivity index (χ2v) is 6.58. The van der Waals surface area contributed by atoms with Gasteiger partial charge >= 0.3 is 0 Å². The van der Waals surface area contributed by atoms with Crippen molar-refractivity contribution in [2.75, 3.05) is 26.2 Å². The largest absolute Gasteiger partial charge is 0.508 e. The molecule has 130 valence electrons. The van der Waals surface area contributed by atoms with Crippen LogP contribution in [0.4, 0.5) is 0 Å². The molecule has 1 aromatic rings. The summed E-state index contributed by atoms with van der Waals surface area (Å²) in [6.45, 7) is 7.65. The molecule has 1 fully saturated rings. The van der Waals surface area contributed by atoms with Gasteiger partial charge in [-0.15, -0.1) is 0 Å². The van der Waals surface area contributed by atoms with Crippen LogP contribution in [0.15, 0.2) is 29.8 Å². The van der Waals surface area contributed by atoms with Crippen LogP contribution in [0.25, 0.3) is 0 Å². The Hall–Kier alpha value is -2.01. The Balaban J connectivity index is 1.97. The highest BCUT2D eigenvalue weighted by Crippen LogP contribution is 2.19. The molecule has 1 N–H and O–H groups in total. The summed E-state index contributed by atoms with van der Waals surface area (Å²) in [5.41, 5.74) is 1.23. The highest BCUT2D eigenvalue weighted by molar-refractivity contribution is 6.29. The Morgan fingerprint density at radius 1 is 1.17 bits per heavy atom. The van der Waals surface area contributed by atoms with Gasteiger partial charge in [-0.2, -0.15) is 0 Å². The summed E-state index contributed by atoms with van der Waals surface area (Å²) < 4.78 is 0. The number of amides is 2. The molecule has 0 radical (unpaired) electrons. The van der Waals surface area contributed by atoms with Crippen molar-refractivity contribution >= 4 is 23.4 Å². The topological polar surface area (TPSA) is 60.9 Å². The van der Waals surface area contributed by atoms with E-state index < -0.39 is 0 Å². The summed E-state index contributed by atoms with van der Waals surface area (Å²) >= 11 is 5.71. The fourth-order valence-electron chi connectivity index (χ4n) is 2.74. The number of nitrogens with zero attached hydrogens (tertiary/aromatic N) is 2. The summed E-state index contributed by atoms with van der Waals surface area (Å²) in [5, 5.41) is 10.1. The van der Waals surface area contributed by atoms with E-state index in [9.17, 15) is 14.7 Å². The van der Waals surface area contributed by atoms with Crippen LogP contribution in [0.5, 0.6) is 5.75 Å². The van der Waals surface area contributed by atoms with Crippen LogP contribution in [-0.2, 0) is 4.79 Å². The van der Waals surface area contributed by atoms with Crippen LogP contribution in [-0.4, -0.2) is 52.9 Å². The molecule has 0 bridgehead atoms. The maximum atomic E-state index is 12.6. The lowest BCUT2D eigenvalue weighted by Gasteiger charge is -2.22. The van der Waals surface area contributed by atoms with E-state index in [0.29, 0.717) is 55.2 Å². The number of allylic oxidation sites excluding steroid dienone is 1. The van der Waals surface area contributed by atoms with Crippen LogP contribution in [0.1, 0.15) is 35.2 Å². The zero-order chi connectivity index (χ0) is 17.7. The van der Waals surface area contributed by atoms with Gasteiger partial charge in [0, 0.05) is 43.2 Å². The molecule has 0 saturated carbocycles. The lowest BCUT2D eigenvalue weighted by Crippen LogP contribution is -2.37. The third-order valence-corrected chi connectivity index (χ3v) is 4.38. The molecule has 1 aliphatic rings. The van der Waals surface area contributed by atoms with Gasteiger partial charge in [0.05, 0.1) is 0 Å². The lowest BCUT2D eigenvalue weighted by atomic mass is 10.1. The third kappa shape index (κ3) is 4.74. The molecule has 5 nitrogen and oxygen atoms in total. The standard InChI is InChI=1S/C18H23ClN2O3/c1-13-12-15(5-6-16(13)22)18(24)21-9-3-8-20(10-11-21)17(23)7-4-14(2)19/h5-6,12,22H,2-4,7-11H2,1H3. The Kier molecular flexibility index (Phi) is 6.26. The van der Waals surface area contributed by atoms with E-state index in [4.69, 9.17) is 11.6 Å². The first-order valence-corrected chi connectivity index (χ1v) is 8.46. The highest BCUT2D eigenvalue weighted by atomic mass is 35.5. The predicted molar refractivity (Wildman–Crippen MR) is 94.2 cm³/mol. The summed E-state index contributed by atoms with van der Waals surface area (Å²) in [4.78, 5) is 28.3. The van der Waals surface area contributed by atoms with Gasteiger partial charge in [-0.1, -0.05) is 18.2 Å². The minimum atomic E-state index is -0.0680. The minimum absolute atomic E-state index is 0.0478. The van der Waals surface area contributed by atoms with Gasteiger partial charge in [-0.25, -0.2) is 0 Å². The van der Waals surface area contributed by atoms with Gasteiger partial charge in [0.2, 0.25) is 5.91 Å². The van der Waals surface area contributed by atoms with Gasteiger partial charge in [-0.3, -0.25) is 9.59 Å². The molecule has 1 saturated heterocycles. The number of rotatable bonds is 4. The highest BCUT2D eigenvalue weighted by Gasteiger charge is 2.23. The summed E-state index contributed by atoms with van der Waals surface area (Å²) in [6, 6.07) is 4.86. The first-order valence-electron chi connectivity index (χ1n) is 8.08. The lowest BCUT2D eigenvalue weighted by molar-refractivity contribution is -0.131. The second-order valence-electron chi connectivity index (χ2n) is 6.05. The molecule has 0 unspecified atom stereocenters. The minimum Gasteiger partial charge on any atom is -0.508 e. The van der Waals surface area contributed by atoms with Crippen LogP contribution in [0, 0.1) is 6.92 Å². The number of aryl methyl sites for hydroxylation is 1. The Morgan fingerprint density at radius 3 is 2.50 bits per heavy atom. The van der Waals surface area contributed by atoms with Crippen LogP contribution >= 0.6 is 11.6 Å². The van der Waals surface area contributed by atoms with Crippen LogP contribution in [0.2, 0.25) is 0 Å². The second kappa shape index (κ2) is 8.20. The molecule has 2 amide bonds. The van der Waals surface area contributed by atoms with Crippen molar-refractivity contribution in [1.29, 1.82) is 0 Å². The number of halogens is 1. The Morgan fingerprint density at radius 2 is 1.83 bits per heavy atom. The van der Waals surface area contributed by atoms with Crippen molar-refractivity contribution in [3.8, 4) is 5.75 Å². The average Bonchev–Trinajstić information content (AvgIpc) is 2.80. The molecule has 0 aliphatic carbocycles. The Labute approximate surface area is 147 Å². The number of hydrogen-bond acceptors (Lipinski definition) is 3. The molecule has 6 heteroatoms. The molecule has 1 heterocycles. The van der Waals surface area contributed by atoms with Crippen molar-refractivity contribution in [3.63, 3.8) is 0 Å². The van der Waals surface area contributed by atoms with E-state index in [1.807, 2.05) is 0 Å². The van der Waals surface area contributed by atoms with Crippen molar-refractivity contribution in [3.05, 3.63) is 40.9 Å². The molecular formula is C18H23ClN2O3. The normalized spacial score (nSPS) is 15.1. The quantitative estimate of drug-likeness (QED) is 0.908. The molecule has 0 spiro atoms. The van der Waals surface area contributed by atoms with Gasteiger partial charge in [0.15, 0.2) is 0 Å². The van der Waals surface area contributed by atoms with Gasteiger partial charge < -0.3 is 14.9 Å². The summed E-state index contributed by atoms with van der Waals surface area (Å²) in [7, 11) is 0. The molecule has 1 aromatic carbocycles. The number of phenols is 1. The third-order valence-electron chi connectivity index (χ3n) is 4.19. The van der Waals surface area contributed by atoms with Crippen LogP contribution in [0.3, 0.4) is 0 Å². The van der Waals surface area contributed by atoms with E-state index in [1.165, 1.54) is 6.07 Å². The monoisotopic (exact) mass is 350 g/mol. The number of carbonyl (C=O) groups excluding carboxylic acids is 2. The Bertz CT molecular complexity index is 645. The fraction of sp³-hybridized carbons (Fsp3) is 0.444. The molecule has 2 rings (SSSR count). The number of phenolic OH excluding ortho intramolecular Hbond substituents is 1. The van der Waals surface area contributed by atoms with E-state index in [-0.39, 0.29) is 17.6 Å². The van der Waals surface area contributed by atoms with Crippen LogP contribution < -0.4 is 0 Å². The van der Waals surface area contributed by atoms with E-state index in [2.05, 4.69) is 6.58 Å². The zero-order valence-corrected chi connectivity index (χ0v) is 14.7. The zero-order valence-electron chi connectivity index (χ0n) is 13.9. The molecular weight excluding hydrogens is 328 g/mol. The summed E-state index contributed by atoms with van der Waals surface area (Å²) in [5.74, 6) is 0.160. The smallest absolute Gasteiger partial charge is 0.253 e. The SMILES string of the molecule is C=C(Cl)CCC(=O)N1CCCN(C(=O)c2ccc(O)c(C)c2)CC1. The molecule has 0 aromatic heterocycles.